The highest BCUT2D eigenvalue weighted by molar-refractivity contribution is 7.85. The molecule has 8 nitrogen and oxygen atoms in total. The molecule has 10 heteroatoms. The van der Waals surface area contributed by atoms with E-state index >= 15 is 0 Å². The summed E-state index contributed by atoms with van der Waals surface area (Å²) in [6.07, 6.45) is 2.89. The minimum atomic E-state index is -4.13. The molecule has 150 valence electrons. The van der Waals surface area contributed by atoms with Gasteiger partial charge < -0.3 is 19.0 Å². The van der Waals surface area contributed by atoms with Crippen LogP contribution in [0.25, 0.3) is 21.7 Å². The Labute approximate surface area is 165 Å². The molecule has 29 heavy (non-hydrogen) atoms. The monoisotopic (exact) mass is 417 g/mol. The normalized spacial score (nSPS) is 11.9. The number of phenolic OH excluding ortho intramolecular Hbond substituents is 1. The second kappa shape index (κ2) is 6.90. The number of aromatic hydroxyl groups is 2. The van der Waals surface area contributed by atoms with E-state index in [1.54, 1.807) is 24.3 Å². The fraction of sp³-hybridized carbons (Fsp3) is 0.105. The topological polar surface area (TPSA) is 114 Å². The van der Waals surface area contributed by atoms with Crippen molar-refractivity contribution >= 4 is 32.0 Å². The molecule has 4 rings (SSSR count). The average Bonchev–Trinajstić information content (AvgIpc) is 3.03. The van der Waals surface area contributed by atoms with Crippen molar-refractivity contribution in [1.82, 2.24) is 14.3 Å². The Kier molecular flexibility index (Phi) is 4.52. The molecule has 0 aliphatic rings. The van der Waals surface area contributed by atoms with Gasteiger partial charge in [0.2, 0.25) is 5.88 Å². The Bertz CT molecular complexity index is 1330. The molecule has 0 saturated heterocycles. The van der Waals surface area contributed by atoms with Crippen molar-refractivity contribution in [1.29, 1.82) is 0 Å². The molecule has 0 aliphatic carbocycles. The van der Waals surface area contributed by atoms with Crippen LogP contribution in [0.2, 0.25) is 0 Å². The van der Waals surface area contributed by atoms with Crippen LogP contribution in [0.4, 0.5) is 4.39 Å². The Hall–Kier alpha value is -3.37. The second-order valence-corrected chi connectivity index (χ2v) is 7.80. The minimum Gasteiger partial charge on any atom is -0.505 e. The Balaban J connectivity index is 1.98. The summed E-state index contributed by atoms with van der Waals surface area (Å²) in [5.74, 6) is -1.08. The minimum absolute atomic E-state index is 0.000357. The zero-order valence-electron chi connectivity index (χ0n) is 15.1. The molecule has 2 heterocycles. The van der Waals surface area contributed by atoms with Gasteiger partial charge in [0.1, 0.15) is 11.3 Å². The lowest BCUT2D eigenvalue weighted by Gasteiger charge is -2.11. The first kappa shape index (κ1) is 19.0. The van der Waals surface area contributed by atoms with Gasteiger partial charge in [-0.3, -0.25) is 4.98 Å². The van der Waals surface area contributed by atoms with Crippen molar-refractivity contribution in [3.8, 4) is 17.4 Å². The van der Waals surface area contributed by atoms with E-state index in [0.717, 1.165) is 0 Å². The molecular formula is C19H16FN3O5S. The van der Waals surface area contributed by atoms with E-state index in [0.29, 0.717) is 5.56 Å². The maximum atomic E-state index is 13.2. The number of fused-ring (bicyclic) bond motifs is 2. The van der Waals surface area contributed by atoms with Crippen LogP contribution in [0.15, 0.2) is 48.8 Å². The molecule has 0 fully saturated rings. The quantitative estimate of drug-likeness (QED) is 0.460. The van der Waals surface area contributed by atoms with E-state index in [2.05, 4.69) is 9.71 Å². The van der Waals surface area contributed by atoms with Crippen LogP contribution in [0.5, 0.6) is 17.4 Å². The predicted octanol–water partition coefficient (Wildman–Crippen LogP) is 2.63. The lowest BCUT2D eigenvalue weighted by molar-refractivity contribution is 0.425. The van der Waals surface area contributed by atoms with Gasteiger partial charge in [-0.2, -0.15) is 13.1 Å². The van der Waals surface area contributed by atoms with Crippen LogP contribution >= 0.6 is 0 Å². The van der Waals surface area contributed by atoms with Gasteiger partial charge >= 0.3 is 10.3 Å². The maximum Gasteiger partial charge on any atom is 0.382 e. The van der Waals surface area contributed by atoms with E-state index in [4.69, 9.17) is 4.18 Å². The number of hydrogen-bond donors (Lipinski definition) is 3. The molecule has 4 aromatic rings. The Morgan fingerprint density at radius 2 is 1.90 bits per heavy atom. The molecule has 0 aliphatic heterocycles. The molecule has 3 N–H and O–H groups in total. The summed E-state index contributed by atoms with van der Waals surface area (Å²) in [5.41, 5.74) is 0.769. The van der Waals surface area contributed by atoms with Gasteiger partial charge in [-0.25, -0.2) is 4.39 Å². The summed E-state index contributed by atoms with van der Waals surface area (Å²) in [6, 6.07) is 8.82. The molecule has 0 amide bonds. The highest BCUT2D eigenvalue weighted by atomic mass is 32.2. The number of nitrogens with zero attached hydrogens (tertiary/aromatic N) is 2. The molecule has 0 bridgehead atoms. The number of hydrogen-bond acceptors (Lipinski definition) is 6. The van der Waals surface area contributed by atoms with Crippen molar-refractivity contribution in [2.24, 2.45) is 0 Å². The molecule has 2 aromatic carbocycles. The van der Waals surface area contributed by atoms with Gasteiger partial charge in [0.25, 0.3) is 0 Å². The van der Waals surface area contributed by atoms with Crippen LogP contribution in [0.3, 0.4) is 0 Å². The predicted molar refractivity (Wildman–Crippen MR) is 105 cm³/mol. The van der Waals surface area contributed by atoms with Gasteiger partial charge in [0.05, 0.1) is 17.3 Å². The lowest BCUT2D eigenvalue weighted by atomic mass is 10.1. The van der Waals surface area contributed by atoms with E-state index in [1.807, 2.05) is 0 Å². The zero-order valence-corrected chi connectivity index (χ0v) is 15.9. The first-order valence-corrected chi connectivity index (χ1v) is 9.90. The fourth-order valence-electron chi connectivity index (χ4n) is 3.14. The third-order valence-electron chi connectivity index (χ3n) is 4.52. The molecule has 0 saturated carbocycles. The van der Waals surface area contributed by atoms with Crippen LogP contribution in [-0.4, -0.2) is 35.2 Å². The summed E-state index contributed by atoms with van der Waals surface area (Å²) in [7, 11) is -2.93. The van der Waals surface area contributed by atoms with Crippen molar-refractivity contribution in [2.45, 2.75) is 6.54 Å². The van der Waals surface area contributed by atoms with Gasteiger partial charge in [-0.05, 0) is 29.8 Å². The SMILES string of the molecule is CNS(=O)(=O)Oc1c2cccnc2c(O)c2c(O)n(Cc3ccc(F)cc3)cc12. The summed E-state index contributed by atoms with van der Waals surface area (Å²) < 4.78 is 45.9. The van der Waals surface area contributed by atoms with Crippen molar-refractivity contribution < 1.29 is 27.2 Å². The second-order valence-electron chi connectivity index (χ2n) is 6.31. The van der Waals surface area contributed by atoms with Gasteiger partial charge in [0, 0.05) is 24.8 Å². The highest BCUT2D eigenvalue weighted by Crippen LogP contribution is 2.46. The molecule has 0 radical (unpaired) electrons. The van der Waals surface area contributed by atoms with Crippen LogP contribution < -0.4 is 8.91 Å². The number of aromatic nitrogens is 2. The highest BCUT2D eigenvalue weighted by Gasteiger charge is 2.24. The fourth-order valence-corrected chi connectivity index (χ4v) is 3.62. The van der Waals surface area contributed by atoms with E-state index in [-0.39, 0.29) is 45.6 Å². The van der Waals surface area contributed by atoms with Crippen molar-refractivity contribution in [3.63, 3.8) is 0 Å². The standard InChI is InChI=1S/C19H16FN3O5S/c1-21-29(26,27)28-18-13-3-2-8-22-16(13)17(24)15-14(18)10-23(19(15)25)9-11-4-6-12(20)7-5-11/h2-8,10,21,24-25H,9H2,1H3. The summed E-state index contributed by atoms with van der Waals surface area (Å²) in [6.45, 7) is 0.155. The number of pyridine rings is 1. The third kappa shape index (κ3) is 3.32. The number of nitrogens with one attached hydrogen (secondary N) is 1. The van der Waals surface area contributed by atoms with Crippen molar-refractivity contribution in [3.05, 3.63) is 60.2 Å². The summed E-state index contributed by atoms with van der Waals surface area (Å²) in [4.78, 5) is 4.08. The van der Waals surface area contributed by atoms with Gasteiger partial charge in [-0.1, -0.05) is 12.1 Å². The summed E-state index contributed by atoms with van der Waals surface area (Å²) in [5, 5.41) is 21.8. The van der Waals surface area contributed by atoms with Crippen LogP contribution in [0.1, 0.15) is 5.56 Å². The number of phenols is 1. The molecule has 0 spiro atoms. The number of rotatable bonds is 5. The van der Waals surface area contributed by atoms with Gasteiger partial charge in [-0.15, -0.1) is 0 Å². The van der Waals surface area contributed by atoms with Gasteiger partial charge in [0.15, 0.2) is 11.5 Å². The summed E-state index contributed by atoms with van der Waals surface area (Å²) >= 11 is 0. The lowest BCUT2D eigenvalue weighted by Crippen LogP contribution is -2.24. The number of halogens is 1. The molecule has 2 aromatic heterocycles. The Morgan fingerprint density at radius 3 is 2.59 bits per heavy atom. The largest absolute Gasteiger partial charge is 0.505 e. The third-order valence-corrected chi connectivity index (χ3v) is 5.40. The molecule has 0 atom stereocenters. The molecule has 0 unspecified atom stereocenters. The first-order valence-electron chi connectivity index (χ1n) is 8.49. The van der Waals surface area contributed by atoms with Crippen LogP contribution in [0, 0.1) is 5.82 Å². The Morgan fingerprint density at radius 1 is 1.17 bits per heavy atom. The van der Waals surface area contributed by atoms with Crippen LogP contribution in [-0.2, 0) is 16.8 Å². The number of benzene rings is 2. The van der Waals surface area contributed by atoms with E-state index < -0.39 is 16.1 Å². The molecular weight excluding hydrogens is 401 g/mol. The van der Waals surface area contributed by atoms with E-state index in [9.17, 15) is 23.0 Å². The van der Waals surface area contributed by atoms with E-state index in [1.165, 1.54) is 36.1 Å². The average molecular weight is 417 g/mol. The van der Waals surface area contributed by atoms with Crippen molar-refractivity contribution in [2.75, 3.05) is 7.05 Å². The smallest absolute Gasteiger partial charge is 0.382 e. The maximum absolute atomic E-state index is 13.2. The zero-order chi connectivity index (χ0) is 20.8. The first-order chi connectivity index (χ1) is 13.8.